The molecule has 0 aliphatic rings. The van der Waals surface area contributed by atoms with Gasteiger partial charge in [0, 0.05) is 13.6 Å². The topological polar surface area (TPSA) is 48.0 Å². The Bertz CT molecular complexity index is 799. The second-order valence-corrected chi connectivity index (χ2v) is 6.26. The molecule has 0 aliphatic heterocycles. The van der Waals surface area contributed by atoms with Crippen molar-refractivity contribution in [2.24, 2.45) is 0 Å². The van der Waals surface area contributed by atoms with Gasteiger partial charge in [-0.1, -0.05) is 36.9 Å². The number of hydrogen-bond donors (Lipinski definition) is 0. The van der Waals surface area contributed by atoms with Gasteiger partial charge in [0.2, 0.25) is 0 Å². The van der Waals surface area contributed by atoms with Gasteiger partial charge in [0.1, 0.15) is 12.4 Å². The molecule has 2 aromatic carbocycles. The monoisotopic (exact) mass is 381 g/mol. The molecule has 0 unspecified atom stereocenters. The molecule has 0 N–H and O–H groups in total. The van der Waals surface area contributed by atoms with Crippen molar-refractivity contribution >= 4 is 5.91 Å². The molecule has 2 rings (SSSR count). The number of nitrogens with zero attached hydrogens (tertiary/aromatic N) is 1. The lowest BCUT2D eigenvalue weighted by molar-refractivity contribution is -0.132. The van der Waals surface area contributed by atoms with Gasteiger partial charge in [-0.25, -0.2) is 0 Å². The van der Waals surface area contributed by atoms with Gasteiger partial charge in [-0.05, 0) is 41.8 Å². The summed E-state index contributed by atoms with van der Waals surface area (Å²) in [5, 5.41) is 0. The van der Waals surface area contributed by atoms with Crippen LogP contribution in [0.4, 0.5) is 0 Å². The fraction of sp³-hybridized carbons (Fsp3) is 0.261. The molecule has 0 saturated carbocycles. The molecule has 0 aromatic heterocycles. The maximum absolute atomic E-state index is 12.4. The SMILES string of the molecule is C=CCOc1ccc(CN(C)C(=O)COc2ccc(CC=C)cc2OC)cc1. The van der Waals surface area contributed by atoms with Gasteiger partial charge in [-0.2, -0.15) is 0 Å². The molecule has 0 aliphatic carbocycles. The van der Waals surface area contributed by atoms with Gasteiger partial charge in [0.25, 0.3) is 5.91 Å². The Balaban J connectivity index is 1.90. The molecule has 5 heteroatoms. The number of carbonyl (C=O) groups excluding carboxylic acids is 1. The zero-order valence-electron chi connectivity index (χ0n) is 16.5. The van der Waals surface area contributed by atoms with Crippen molar-refractivity contribution in [3.8, 4) is 17.2 Å². The lowest BCUT2D eigenvalue weighted by atomic mass is 10.1. The lowest BCUT2D eigenvalue weighted by Gasteiger charge is -2.18. The third-order valence-electron chi connectivity index (χ3n) is 4.10. The number of amides is 1. The molecule has 2 aromatic rings. The van der Waals surface area contributed by atoms with Crippen LogP contribution in [0.2, 0.25) is 0 Å². The Morgan fingerprint density at radius 3 is 2.36 bits per heavy atom. The van der Waals surface area contributed by atoms with Gasteiger partial charge < -0.3 is 19.1 Å². The minimum Gasteiger partial charge on any atom is -0.493 e. The molecule has 0 heterocycles. The van der Waals surface area contributed by atoms with E-state index in [0.29, 0.717) is 24.7 Å². The van der Waals surface area contributed by atoms with E-state index in [1.54, 1.807) is 25.1 Å². The summed E-state index contributed by atoms with van der Waals surface area (Å²) in [5.74, 6) is 1.79. The zero-order chi connectivity index (χ0) is 20.4. The average molecular weight is 381 g/mol. The van der Waals surface area contributed by atoms with Crippen molar-refractivity contribution < 1.29 is 19.0 Å². The highest BCUT2D eigenvalue weighted by Crippen LogP contribution is 2.28. The van der Waals surface area contributed by atoms with E-state index in [1.165, 1.54) is 0 Å². The summed E-state index contributed by atoms with van der Waals surface area (Å²) >= 11 is 0. The van der Waals surface area contributed by atoms with E-state index in [9.17, 15) is 4.79 Å². The Morgan fingerprint density at radius 1 is 1.00 bits per heavy atom. The standard InChI is InChI=1S/C23H27NO4/c1-5-7-18-10-13-21(22(15-18)26-4)28-17-23(25)24(3)16-19-8-11-20(12-9-19)27-14-6-2/h5-6,8-13,15H,1-2,7,14,16-17H2,3-4H3. The Labute approximate surface area is 166 Å². The number of allylic oxidation sites excluding steroid dienone is 1. The van der Waals surface area contributed by atoms with E-state index in [-0.39, 0.29) is 12.5 Å². The number of benzene rings is 2. The largest absolute Gasteiger partial charge is 0.493 e. The number of likely N-dealkylation sites (N-methyl/N-ethyl adjacent to an activating group) is 1. The van der Waals surface area contributed by atoms with Crippen molar-refractivity contribution in [1.82, 2.24) is 4.90 Å². The predicted octanol–water partition coefficient (Wildman–Crippen LogP) is 4.03. The summed E-state index contributed by atoms with van der Waals surface area (Å²) in [6.07, 6.45) is 4.27. The molecule has 1 amide bonds. The Kier molecular flexibility index (Phi) is 8.15. The molecular weight excluding hydrogens is 354 g/mol. The highest BCUT2D eigenvalue weighted by molar-refractivity contribution is 5.77. The predicted molar refractivity (Wildman–Crippen MR) is 111 cm³/mol. The van der Waals surface area contributed by atoms with Crippen LogP contribution in [0, 0.1) is 0 Å². The normalized spacial score (nSPS) is 10.1. The first-order valence-corrected chi connectivity index (χ1v) is 9.04. The van der Waals surface area contributed by atoms with Crippen LogP contribution in [0.15, 0.2) is 67.8 Å². The molecule has 28 heavy (non-hydrogen) atoms. The first-order chi connectivity index (χ1) is 13.6. The summed E-state index contributed by atoms with van der Waals surface area (Å²) < 4.78 is 16.5. The van der Waals surface area contributed by atoms with E-state index in [1.807, 2.05) is 48.5 Å². The van der Waals surface area contributed by atoms with Crippen molar-refractivity contribution in [3.63, 3.8) is 0 Å². The molecule has 0 spiro atoms. The van der Waals surface area contributed by atoms with Crippen LogP contribution in [0.25, 0.3) is 0 Å². The lowest BCUT2D eigenvalue weighted by Crippen LogP contribution is -2.31. The summed E-state index contributed by atoms with van der Waals surface area (Å²) in [6, 6.07) is 13.3. The third kappa shape index (κ3) is 6.20. The maximum Gasteiger partial charge on any atom is 0.260 e. The number of rotatable bonds is 11. The van der Waals surface area contributed by atoms with Gasteiger partial charge in [0.15, 0.2) is 18.1 Å². The van der Waals surface area contributed by atoms with Crippen molar-refractivity contribution in [1.29, 1.82) is 0 Å². The number of ether oxygens (including phenoxy) is 3. The van der Waals surface area contributed by atoms with E-state index < -0.39 is 0 Å². The maximum atomic E-state index is 12.4. The molecule has 0 radical (unpaired) electrons. The minimum absolute atomic E-state index is 0.0613. The van der Waals surface area contributed by atoms with Crippen LogP contribution in [0.3, 0.4) is 0 Å². The molecule has 0 saturated heterocycles. The molecular formula is C23H27NO4. The zero-order valence-corrected chi connectivity index (χ0v) is 16.5. The van der Waals surface area contributed by atoms with E-state index in [0.717, 1.165) is 23.3 Å². The van der Waals surface area contributed by atoms with Gasteiger partial charge in [-0.3, -0.25) is 4.79 Å². The first-order valence-electron chi connectivity index (χ1n) is 9.04. The van der Waals surface area contributed by atoms with Crippen LogP contribution in [0.5, 0.6) is 17.2 Å². The summed E-state index contributed by atoms with van der Waals surface area (Å²) in [7, 11) is 3.33. The summed E-state index contributed by atoms with van der Waals surface area (Å²) in [6.45, 7) is 8.24. The molecule has 148 valence electrons. The van der Waals surface area contributed by atoms with Gasteiger partial charge in [-0.15, -0.1) is 6.58 Å². The van der Waals surface area contributed by atoms with Gasteiger partial charge >= 0.3 is 0 Å². The number of carbonyl (C=O) groups is 1. The second-order valence-electron chi connectivity index (χ2n) is 6.26. The first kappa shape index (κ1) is 21.1. The summed E-state index contributed by atoms with van der Waals surface area (Å²) in [4.78, 5) is 14.0. The molecule has 0 fully saturated rings. The van der Waals surface area contributed by atoms with E-state index in [4.69, 9.17) is 14.2 Å². The highest BCUT2D eigenvalue weighted by Gasteiger charge is 2.13. The number of hydrogen-bond acceptors (Lipinski definition) is 4. The van der Waals surface area contributed by atoms with Crippen molar-refractivity contribution in [2.45, 2.75) is 13.0 Å². The molecule has 5 nitrogen and oxygen atoms in total. The quantitative estimate of drug-likeness (QED) is 0.552. The van der Waals surface area contributed by atoms with E-state index in [2.05, 4.69) is 13.2 Å². The minimum atomic E-state index is -0.121. The van der Waals surface area contributed by atoms with Crippen LogP contribution in [-0.4, -0.2) is 38.2 Å². The number of methoxy groups -OCH3 is 1. The van der Waals surface area contributed by atoms with Crippen molar-refractivity contribution in [2.75, 3.05) is 27.4 Å². The Morgan fingerprint density at radius 2 is 1.71 bits per heavy atom. The fourth-order valence-electron chi connectivity index (χ4n) is 2.58. The smallest absolute Gasteiger partial charge is 0.260 e. The summed E-state index contributed by atoms with van der Waals surface area (Å²) in [5.41, 5.74) is 2.08. The Hall–Kier alpha value is -3.21. The molecule has 0 bridgehead atoms. The average Bonchev–Trinajstić information content (AvgIpc) is 2.72. The van der Waals surface area contributed by atoms with Crippen molar-refractivity contribution in [3.05, 3.63) is 78.9 Å². The van der Waals surface area contributed by atoms with Crippen LogP contribution >= 0.6 is 0 Å². The highest BCUT2D eigenvalue weighted by atomic mass is 16.5. The van der Waals surface area contributed by atoms with Gasteiger partial charge in [0.05, 0.1) is 7.11 Å². The second kappa shape index (κ2) is 10.8. The van der Waals surface area contributed by atoms with Crippen LogP contribution in [-0.2, 0) is 17.8 Å². The fourth-order valence-corrected chi connectivity index (χ4v) is 2.58. The van der Waals surface area contributed by atoms with Crippen LogP contribution in [0.1, 0.15) is 11.1 Å². The third-order valence-corrected chi connectivity index (χ3v) is 4.10. The van der Waals surface area contributed by atoms with E-state index >= 15 is 0 Å². The molecule has 0 atom stereocenters. The van der Waals surface area contributed by atoms with Crippen LogP contribution < -0.4 is 14.2 Å².